The van der Waals surface area contributed by atoms with Gasteiger partial charge in [-0.25, -0.2) is 9.78 Å². The van der Waals surface area contributed by atoms with Crippen molar-refractivity contribution in [1.29, 1.82) is 0 Å². The molecule has 0 amide bonds. The molecule has 0 bridgehead atoms. The number of benzene rings is 1. The van der Waals surface area contributed by atoms with Crippen LogP contribution in [0.5, 0.6) is 0 Å². The number of carboxylic acids is 1. The van der Waals surface area contributed by atoms with Crippen LogP contribution in [0.4, 0.5) is 0 Å². The number of hydrogen-bond acceptors (Lipinski definition) is 3. The van der Waals surface area contributed by atoms with Gasteiger partial charge in [0.1, 0.15) is 5.82 Å². The molecule has 2 aromatic rings. The molecule has 0 aliphatic heterocycles. The van der Waals surface area contributed by atoms with Gasteiger partial charge in [-0.1, -0.05) is 24.3 Å². The largest absolute Gasteiger partial charge is 0.478 e. The molecule has 0 aliphatic carbocycles. The predicted octanol–water partition coefficient (Wildman–Crippen LogP) is 2.15. The Morgan fingerprint density at radius 3 is 2.62 bits per heavy atom. The molecule has 0 aliphatic rings. The smallest absolute Gasteiger partial charge is 0.328 e. The number of rotatable bonds is 6. The Hall–Kier alpha value is -2.40. The lowest BCUT2D eigenvalue weighted by Crippen LogP contribution is -2.19. The SMILES string of the molecule is CN(Cc1ccc(C=CC(=O)O)cc1)Cc1nccn1C. The number of hydrogen-bond donors (Lipinski definition) is 1. The topological polar surface area (TPSA) is 58.4 Å². The predicted molar refractivity (Wildman–Crippen MR) is 81.5 cm³/mol. The van der Waals surface area contributed by atoms with Crippen LogP contribution in [0.15, 0.2) is 42.7 Å². The lowest BCUT2D eigenvalue weighted by Gasteiger charge is -2.16. The van der Waals surface area contributed by atoms with Gasteiger partial charge in [0.05, 0.1) is 6.54 Å². The van der Waals surface area contributed by atoms with Gasteiger partial charge in [-0.3, -0.25) is 4.90 Å². The second-order valence-corrected chi connectivity index (χ2v) is 5.04. The maximum Gasteiger partial charge on any atom is 0.328 e. The van der Waals surface area contributed by atoms with Gasteiger partial charge < -0.3 is 9.67 Å². The fourth-order valence-electron chi connectivity index (χ4n) is 2.06. The summed E-state index contributed by atoms with van der Waals surface area (Å²) < 4.78 is 2.01. The highest BCUT2D eigenvalue weighted by Crippen LogP contribution is 2.10. The van der Waals surface area contributed by atoms with E-state index in [-0.39, 0.29) is 0 Å². The Balaban J connectivity index is 1.93. The second-order valence-electron chi connectivity index (χ2n) is 5.04. The molecule has 0 fully saturated rings. The van der Waals surface area contributed by atoms with Crippen molar-refractivity contribution in [2.24, 2.45) is 7.05 Å². The molecule has 21 heavy (non-hydrogen) atoms. The van der Waals surface area contributed by atoms with Crippen molar-refractivity contribution in [2.45, 2.75) is 13.1 Å². The van der Waals surface area contributed by atoms with Crippen LogP contribution in [0, 0.1) is 0 Å². The molecule has 2 rings (SSSR count). The van der Waals surface area contributed by atoms with Crippen molar-refractivity contribution in [2.75, 3.05) is 7.05 Å². The molecular weight excluding hydrogens is 266 g/mol. The van der Waals surface area contributed by atoms with Gasteiger partial charge in [-0.05, 0) is 24.3 Å². The molecule has 1 aromatic heterocycles. The van der Waals surface area contributed by atoms with Crippen LogP contribution in [-0.2, 0) is 24.9 Å². The van der Waals surface area contributed by atoms with Crippen molar-refractivity contribution in [3.05, 3.63) is 59.7 Å². The van der Waals surface area contributed by atoms with E-state index in [2.05, 4.69) is 9.88 Å². The van der Waals surface area contributed by atoms with Crippen molar-refractivity contribution in [3.63, 3.8) is 0 Å². The summed E-state index contributed by atoms with van der Waals surface area (Å²) in [7, 11) is 4.03. The van der Waals surface area contributed by atoms with Crippen LogP contribution in [0.2, 0.25) is 0 Å². The highest BCUT2D eigenvalue weighted by Gasteiger charge is 2.05. The number of nitrogens with zero attached hydrogens (tertiary/aromatic N) is 3. The third-order valence-corrected chi connectivity index (χ3v) is 3.18. The van der Waals surface area contributed by atoms with Gasteiger partial charge in [0.2, 0.25) is 0 Å². The van der Waals surface area contributed by atoms with Crippen molar-refractivity contribution >= 4 is 12.0 Å². The van der Waals surface area contributed by atoms with E-state index in [0.717, 1.165) is 30.6 Å². The fourth-order valence-corrected chi connectivity index (χ4v) is 2.06. The van der Waals surface area contributed by atoms with E-state index in [9.17, 15) is 4.79 Å². The Morgan fingerprint density at radius 1 is 1.33 bits per heavy atom. The molecule has 0 radical (unpaired) electrons. The molecule has 5 nitrogen and oxygen atoms in total. The zero-order valence-corrected chi connectivity index (χ0v) is 12.2. The summed E-state index contributed by atoms with van der Waals surface area (Å²) in [6, 6.07) is 7.86. The Labute approximate surface area is 124 Å². The van der Waals surface area contributed by atoms with E-state index >= 15 is 0 Å². The number of carbonyl (C=O) groups is 1. The van der Waals surface area contributed by atoms with Gasteiger partial charge in [0.15, 0.2) is 0 Å². The zero-order valence-electron chi connectivity index (χ0n) is 12.2. The third-order valence-electron chi connectivity index (χ3n) is 3.18. The Kier molecular flexibility index (Phi) is 4.90. The van der Waals surface area contributed by atoms with Gasteiger partial charge in [0, 0.05) is 32.1 Å². The van der Waals surface area contributed by atoms with Gasteiger partial charge >= 0.3 is 5.97 Å². The normalized spacial score (nSPS) is 11.4. The molecular formula is C16H19N3O2. The van der Waals surface area contributed by atoms with Crippen molar-refractivity contribution < 1.29 is 9.90 Å². The molecule has 0 saturated carbocycles. The first kappa shape index (κ1) is 15.0. The minimum absolute atomic E-state index is 0.782. The number of imidazole rings is 1. The van der Waals surface area contributed by atoms with Crippen LogP contribution >= 0.6 is 0 Å². The summed E-state index contributed by atoms with van der Waals surface area (Å²) in [4.78, 5) is 17.0. The van der Waals surface area contributed by atoms with Gasteiger partial charge in [-0.2, -0.15) is 0 Å². The summed E-state index contributed by atoms with van der Waals surface area (Å²) in [6.07, 6.45) is 6.46. The van der Waals surface area contributed by atoms with Gasteiger partial charge in [0.25, 0.3) is 0 Å². The Bertz CT molecular complexity index is 629. The highest BCUT2D eigenvalue weighted by atomic mass is 16.4. The number of aryl methyl sites for hydroxylation is 1. The first-order valence-corrected chi connectivity index (χ1v) is 6.69. The monoisotopic (exact) mass is 285 g/mol. The molecule has 0 spiro atoms. The van der Waals surface area contributed by atoms with Crippen LogP contribution in [0.1, 0.15) is 17.0 Å². The maximum absolute atomic E-state index is 10.5. The van der Waals surface area contributed by atoms with Crippen LogP contribution in [0.3, 0.4) is 0 Å². The number of aromatic nitrogens is 2. The highest BCUT2D eigenvalue weighted by molar-refractivity contribution is 5.85. The van der Waals surface area contributed by atoms with Crippen LogP contribution in [-0.4, -0.2) is 32.6 Å². The Morgan fingerprint density at radius 2 is 2.05 bits per heavy atom. The van der Waals surface area contributed by atoms with E-state index in [1.165, 1.54) is 5.56 Å². The van der Waals surface area contributed by atoms with Crippen LogP contribution < -0.4 is 0 Å². The summed E-state index contributed by atoms with van der Waals surface area (Å²) in [5, 5.41) is 8.59. The summed E-state index contributed by atoms with van der Waals surface area (Å²) in [5.41, 5.74) is 2.06. The molecule has 110 valence electrons. The van der Waals surface area contributed by atoms with Crippen molar-refractivity contribution in [1.82, 2.24) is 14.5 Å². The van der Waals surface area contributed by atoms with E-state index in [4.69, 9.17) is 5.11 Å². The second kappa shape index (κ2) is 6.85. The molecule has 1 heterocycles. The molecule has 1 aromatic carbocycles. The van der Waals surface area contributed by atoms with Crippen LogP contribution in [0.25, 0.3) is 6.08 Å². The van der Waals surface area contributed by atoms with Crippen molar-refractivity contribution in [3.8, 4) is 0 Å². The summed E-state index contributed by atoms with van der Waals surface area (Å²) >= 11 is 0. The standard InChI is InChI=1S/C16H19N3O2/c1-18(12-15-17-9-10-19(15)2)11-14-5-3-13(4-6-14)7-8-16(20)21/h3-10H,11-12H2,1-2H3,(H,20,21). The fraction of sp³-hybridized carbons (Fsp3) is 0.250. The minimum Gasteiger partial charge on any atom is -0.478 e. The minimum atomic E-state index is -0.936. The average Bonchev–Trinajstić information content (AvgIpc) is 2.83. The lowest BCUT2D eigenvalue weighted by atomic mass is 10.1. The zero-order chi connectivity index (χ0) is 15.2. The number of carboxylic acid groups (broad SMARTS) is 1. The van der Waals surface area contributed by atoms with E-state index in [0.29, 0.717) is 0 Å². The van der Waals surface area contributed by atoms with E-state index < -0.39 is 5.97 Å². The molecule has 1 N–H and O–H groups in total. The average molecular weight is 285 g/mol. The summed E-state index contributed by atoms with van der Waals surface area (Å²) in [6.45, 7) is 1.60. The van der Waals surface area contributed by atoms with E-state index in [1.54, 1.807) is 12.3 Å². The molecule has 5 heteroatoms. The first-order valence-electron chi connectivity index (χ1n) is 6.69. The quantitative estimate of drug-likeness (QED) is 0.826. The third kappa shape index (κ3) is 4.57. The maximum atomic E-state index is 10.5. The first-order chi connectivity index (χ1) is 10.0. The number of aliphatic carboxylic acids is 1. The van der Waals surface area contributed by atoms with Gasteiger partial charge in [-0.15, -0.1) is 0 Å². The van der Waals surface area contributed by atoms with E-state index in [1.807, 2.05) is 49.1 Å². The molecule has 0 saturated heterocycles. The molecule has 0 unspecified atom stereocenters. The summed E-state index contributed by atoms with van der Waals surface area (Å²) in [5.74, 6) is 0.0902. The lowest BCUT2D eigenvalue weighted by molar-refractivity contribution is -0.131. The molecule has 0 atom stereocenters.